The molecule has 0 aliphatic carbocycles. The molecule has 0 fully saturated rings. The second-order valence-corrected chi connectivity index (χ2v) is 9.23. The fourth-order valence-electron chi connectivity index (χ4n) is 4.32. The van der Waals surface area contributed by atoms with E-state index >= 15 is 0 Å². The molecule has 0 aliphatic heterocycles. The molecular weight excluding hydrogens is 476 g/mol. The molecule has 0 spiro atoms. The third-order valence-corrected chi connectivity index (χ3v) is 6.28. The Kier molecular flexibility index (Phi) is 8.10. The number of para-hydroxylation sites is 2. The van der Waals surface area contributed by atoms with Crippen LogP contribution in [-0.2, 0) is 4.79 Å². The van der Waals surface area contributed by atoms with Crippen molar-refractivity contribution in [3.05, 3.63) is 156 Å². The molecule has 0 aliphatic rings. The largest absolute Gasteiger partial charge is 0.326 e. The van der Waals surface area contributed by atoms with E-state index in [0.717, 1.165) is 45.0 Å². The molecule has 0 radical (unpaired) electrons. The Hall–Kier alpha value is -5.15. The summed E-state index contributed by atoms with van der Waals surface area (Å²) in [6.07, 6.45) is 8.43. The number of amides is 1. The van der Waals surface area contributed by atoms with Gasteiger partial charge in [-0.15, -0.1) is 0 Å². The highest BCUT2D eigenvalue weighted by Gasteiger charge is 2.11. The van der Waals surface area contributed by atoms with Crippen molar-refractivity contribution in [2.24, 2.45) is 0 Å². The zero-order valence-electron chi connectivity index (χ0n) is 21.9. The van der Waals surface area contributed by atoms with Crippen molar-refractivity contribution >= 4 is 53.0 Å². The molecule has 190 valence electrons. The first kappa shape index (κ1) is 25.5. The normalized spacial score (nSPS) is 11.1. The topological polar surface area (TPSA) is 32.3 Å². The molecular formula is C36H30N2O. The molecule has 5 aromatic rings. The maximum absolute atomic E-state index is 11.2. The maximum Gasteiger partial charge on any atom is 0.221 e. The number of anilines is 4. The summed E-state index contributed by atoms with van der Waals surface area (Å²) < 4.78 is 0. The Morgan fingerprint density at radius 3 is 1.21 bits per heavy atom. The van der Waals surface area contributed by atoms with Crippen LogP contribution in [0.4, 0.5) is 22.7 Å². The minimum Gasteiger partial charge on any atom is -0.326 e. The number of hydrogen-bond acceptors (Lipinski definition) is 2. The van der Waals surface area contributed by atoms with Crippen LogP contribution in [0.2, 0.25) is 0 Å². The van der Waals surface area contributed by atoms with E-state index in [4.69, 9.17) is 0 Å². The molecule has 0 unspecified atom stereocenters. The summed E-state index contributed by atoms with van der Waals surface area (Å²) in [4.78, 5) is 13.4. The van der Waals surface area contributed by atoms with Gasteiger partial charge in [-0.05, 0) is 70.8 Å². The van der Waals surface area contributed by atoms with Gasteiger partial charge in [0.05, 0.1) is 0 Å². The second-order valence-electron chi connectivity index (χ2n) is 9.23. The van der Waals surface area contributed by atoms with Crippen LogP contribution in [0.3, 0.4) is 0 Å². The smallest absolute Gasteiger partial charge is 0.221 e. The van der Waals surface area contributed by atoms with Crippen molar-refractivity contribution in [3.63, 3.8) is 0 Å². The Bertz CT molecular complexity index is 1510. The summed E-state index contributed by atoms with van der Waals surface area (Å²) in [7, 11) is 0. The molecule has 39 heavy (non-hydrogen) atoms. The number of carbonyl (C=O) groups is 1. The first-order chi connectivity index (χ1) is 19.1. The van der Waals surface area contributed by atoms with Gasteiger partial charge >= 0.3 is 0 Å². The predicted octanol–water partition coefficient (Wildman–Crippen LogP) is 9.46. The zero-order valence-corrected chi connectivity index (χ0v) is 21.9. The molecule has 5 aromatic carbocycles. The van der Waals surface area contributed by atoms with E-state index in [2.05, 4.69) is 132 Å². The average Bonchev–Trinajstić information content (AvgIpc) is 2.98. The minimum atomic E-state index is -0.0674. The first-order valence-electron chi connectivity index (χ1n) is 13.0. The number of hydrogen-bond donors (Lipinski definition) is 1. The van der Waals surface area contributed by atoms with Crippen LogP contribution in [0.1, 0.15) is 29.2 Å². The highest BCUT2D eigenvalue weighted by molar-refractivity contribution is 5.88. The van der Waals surface area contributed by atoms with Crippen LogP contribution in [0.15, 0.2) is 133 Å². The van der Waals surface area contributed by atoms with Crippen molar-refractivity contribution in [1.82, 2.24) is 0 Å². The molecule has 0 atom stereocenters. The van der Waals surface area contributed by atoms with Gasteiger partial charge in [-0.1, -0.05) is 109 Å². The lowest BCUT2D eigenvalue weighted by Crippen LogP contribution is -2.09. The summed E-state index contributed by atoms with van der Waals surface area (Å²) in [6, 6.07) is 45.7. The second kappa shape index (κ2) is 12.4. The van der Waals surface area contributed by atoms with E-state index in [1.54, 1.807) is 0 Å². The Morgan fingerprint density at radius 1 is 0.487 bits per heavy atom. The Labute approximate surface area is 230 Å². The van der Waals surface area contributed by atoms with Crippen LogP contribution in [0.5, 0.6) is 0 Å². The van der Waals surface area contributed by atoms with Gasteiger partial charge in [-0.2, -0.15) is 0 Å². The molecule has 1 amide bonds. The lowest BCUT2D eigenvalue weighted by molar-refractivity contribution is -0.114. The third kappa shape index (κ3) is 7.00. The van der Waals surface area contributed by atoms with Gasteiger partial charge in [0.15, 0.2) is 0 Å². The standard InChI is InChI=1S/C36H30N2O/c1-28(39)37-33-24-20-31(21-25-33)18-16-29-12-14-30(15-13-29)17-19-32-22-26-36(27-23-32)38(34-8-4-2-5-9-34)35-10-6-3-7-11-35/h2-27H,1H3,(H,37,39). The number of nitrogens with one attached hydrogen (secondary N) is 1. The van der Waals surface area contributed by atoms with Gasteiger partial charge in [0.2, 0.25) is 5.91 Å². The van der Waals surface area contributed by atoms with E-state index in [0.29, 0.717) is 0 Å². The lowest BCUT2D eigenvalue weighted by atomic mass is 10.1. The van der Waals surface area contributed by atoms with Gasteiger partial charge in [-0.3, -0.25) is 4.79 Å². The summed E-state index contributed by atoms with van der Waals surface area (Å²) in [5.74, 6) is -0.0674. The van der Waals surface area contributed by atoms with Crippen molar-refractivity contribution in [2.45, 2.75) is 6.92 Å². The van der Waals surface area contributed by atoms with Gasteiger partial charge in [0.25, 0.3) is 0 Å². The van der Waals surface area contributed by atoms with Crippen molar-refractivity contribution in [1.29, 1.82) is 0 Å². The van der Waals surface area contributed by atoms with Gasteiger partial charge in [-0.25, -0.2) is 0 Å². The van der Waals surface area contributed by atoms with Crippen molar-refractivity contribution in [3.8, 4) is 0 Å². The van der Waals surface area contributed by atoms with Gasteiger partial charge in [0.1, 0.15) is 0 Å². The highest BCUT2D eigenvalue weighted by Crippen LogP contribution is 2.34. The fraction of sp³-hybridized carbons (Fsp3) is 0.0278. The van der Waals surface area contributed by atoms with E-state index < -0.39 is 0 Å². The monoisotopic (exact) mass is 506 g/mol. The van der Waals surface area contributed by atoms with Gasteiger partial charge in [0, 0.05) is 29.7 Å². The Morgan fingerprint density at radius 2 is 0.821 bits per heavy atom. The highest BCUT2D eigenvalue weighted by atomic mass is 16.1. The van der Waals surface area contributed by atoms with Gasteiger partial charge < -0.3 is 10.2 Å². The van der Waals surface area contributed by atoms with E-state index in [9.17, 15) is 4.79 Å². The number of nitrogens with zero attached hydrogens (tertiary/aromatic N) is 1. The number of carbonyl (C=O) groups excluding carboxylic acids is 1. The molecule has 1 N–H and O–H groups in total. The average molecular weight is 507 g/mol. The summed E-state index contributed by atoms with van der Waals surface area (Å²) in [6.45, 7) is 1.51. The van der Waals surface area contributed by atoms with Crippen LogP contribution in [0, 0.1) is 0 Å². The molecule has 0 heterocycles. The Balaban J connectivity index is 1.25. The minimum absolute atomic E-state index is 0.0674. The van der Waals surface area contributed by atoms with Crippen molar-refractivity contribution in [2.75, 3.05) is 10.2 Å². The first-order valence-corrected chi connectivity index (χ1v) is 13.0. The maximum atomic E-state index is 11.2. The molecule has 0 bridgehead atoms. The van der Waals surface area contributed by atoms with Crippen LogP contribution in [-0.4, -0.2) is 5.91 Å². The van der Waals surface area contributed by atoms with Crippen LogP contribution >= 0.6 is 0 Å². The van der Waals surface area contributed by atoms with E-state index in [1.807, 2.05) is 36.4 Å². The van der Waals surface area contributed by atoms with E-state index in [-0.39, 0.29) is 5.91 Å². The zero-order chi connectivity index (χ0) is 26.9. The molecule has 0 saturated heterocycles. The SMILES string of the molecule is CC(=O)Nc1ccc(C=Cc2ccc(C=Cc3ccc(N(c4ccccc4)c4ccccc4)cc3)cc2)cc1. The quantitative estimate of drug-likeness (QED) is 0.213. The van der Waals surface area contributed by atoms with Crippen molar-refractivity contribution < 1.29 is 4.79 Å². The van der Waals surface area contributed by atoms with E-state index in [1.165, 1.54) is 6.92 Å². The van der Waals surface area contributed by atoms with Crippen LogP contribution in [0.25, 0.3) is 24.3 Å². The number of benzene rings is 5. The summed E-state index contributed by atoms with van der Waals surface area (Å²) in [5, 5.41) is 2.79. The summed E-state index contributed by atoms with van der Waals surface area (Å²) >= 11 is 0. The third-order valence-electron chi connectivity index (χ3n) is 6.28. The molecule has 5 rings (SSSR count). The molecule has 0 aromatic heterocycles. The fourth-order valence-corrected chi connectivity index (χ4v) is 4.32. The summed E-state index contributed by atoms with van der Waals surface area (Å²) in [5.41, 5.74) is 8.67. The van der Waals surface area contributed by atoms with Crippen LogP contribution < -0.4 is 10.2 Å². The lowest BCUT2D eigenvalue weighted by Gasteiger charge is -2.25. The molecule has 3 nitrogen and oxygen atoms in total. The number of rotatable bonds is 8. The molecule has 3 heteroatoms. The molecule has 0 saturated carbocycles. The predicted molar refractivity (Wildman–Crippen MR) is 166 cm³/mol.